The molecule has 0 atom stereocenters. The van der Waals surface area contributed by atoms with E-state index in [2.05, 4.69) is 22.0 Å². The van der Waals surface area contributed by atoms with Gasteiger partial charge in [-0.05, 0) is 25.1 Å². The van der Waals surface area contributed by atoms with Crippen LogP contribution in [-0.2, 0) is 0 Å². The van der Waals surface area contributed by atoms with Crippen LogP contribution in [0.15, 0.2) is 16.6 Å². The van der Waals surface area contributed by atoms with Crippen LogP contribution >= 0.6 is 15.9 Å². The van der Waals surface area contributed by atoms with Crippen LogP contribution in [0.5, 0.6) is 0 Å². The molecule has 0 amide bonds. The summed E-state index contributed by atoms with van der Waals surface area (Å²) < 4.78 is 13.4. The summed E-state index contributed by atoms with van der Waals surface area (Å²) in [4.78, 5) is 10.7. The predicted molar refractivity (Wildman–Crippen MR) is 42.9 cm³/mol. The first kappa shape index (κ1) is 8.40. The first-order valence-electron chi connectivity index (χ1n) is 2.99. The van der Waals surface area contributed by atoms with Gasteiger partial charge in [-0.25, -0.2) is 4.39 Å². The molecule has 11 heavy (non-hydrogen) atoms. The van der Waals surface area contributed by atoms with Gasteiger partial charge in [0.1, 0.15) is 5.82 Å². The van der Waals surface area contributed by atoms with E-state index in [-0.39, 0.29) is 11.3 Å². The van der Waals surface area contributed by atoms with Crippen molar-refractivity contribution in [2.24, 2.45) is 0 Å². The first-order valence-corrected chi connectivity index (χ1v) is 3.78. The monoisotopic (exact) mass is 215 g/mol. The van der Waals surface area contributed by atoms with E-state index in [4.69, 9.17) is 0 Å². The van der Waals surface area contributed by atoms with Crippen LogP contribution in [0.25, 0.3) is 0 Å². The minimum Gasteiger partial charge on any atom is -0.294 e. The van der Waals surface area contributed by atoms with Gasteiger partial charge in [-0.2, -0.15) is 0 Å². The molecule has 1 aromatic carbocycles. The molecule has 0 fully saturated rings. The smallest absolute Gasteiger partial charge is 0.163 e. The molecule has 3 heteroatoms. The second-order valence-corrected chi connectivity index (χ2v) is 3.01. The molecule has 0 unspecified atom stereocenters. The molecule has 0 N–H and O–H groups in total. The lowest BCUT2D eigenvalue weighted by atomic mass is 10.1. The van der Waals surface area contributed by atoms with Crippen molar-refractivity contribution >= 4 is 21.7 Å². The molecule has 1 nitrogen and oxygen atoms in total. The Kier molecular flexibility index (Phi) is 2.39. The number of hydrogen-bond acceptors (Lipinski definition) is 1. The lowest BCUT2D eigenvalue weighted by Crippen LogP contribution is -1.96. The highest BCUT2D eigenvalue weighted by atomic mass is 79.9. The third kappa shape index (κ3) is 1.87. The minimum absolute atomic E-state index is 0.00759. The summed E-state index contributed by atoms with van der Waals surface area (Å²) in [5.41, 5.74) is 0.00759. The Morgan fingerprint density at radius 2 is 2.36 bits per heavy atom. The SMILES string of the molecule is CC(=O)c1[c]cc(Br)cc1F. The van der Waals surface area contributed by atoms with Gasteiger partial charge >= 0.3 is 0 Å². The van der Waals surface area contributed by atoms with Crippen molar-refractivity contribution in [3.63, 3.8) is 0 Å². The van der Waals surface area contributed by atoms with E-state index in [1.54, 1.807) is 0 Å². The van der Waals surface area contributed by atoms with Gasteiger partial charge in [-0.1, -0.05) is 15.9 Å². The largest absolute Gasteiger partial charge is 0.294 e. The van der Waals surface area contributed by atoms with Crippen molar-refractivity contribution in [2.45, 2.75) is 6.92 Å². The van der Waals surface area contributed by atoms with Crippen molar-refractivity contribution in [3.05, 3.63) is 34.1 Å². The minimum atomic E-state index is -0.535. The van der Waals surface area contributed by atoms with Crippen molar-refractivity contribution < 1.29 is 9.18 Å². The van der Waals surface area contributed by atoms with Crippen LogP contribution in [0.1, 0.15) is 17.3 Å². The highest BCUT2D eigenvalue weighted by Gasteiger charge is 2.06. The summed E-state index contributed by atoms with van der Waals surface area (Å²) in [5.74, 6) is -0.845. The molecule has 0 aliphatic heterocycles. The number of ketones is 1. The number of Topliss-reactive ketones (excluding diaryl/α,β-unsaturated/α-hetero) is 1. The topological polar surface area (TPSA) is 17.1 Å². The number of benzene rings is 1. The summed E-state index contributed by atoms with van der Waals surface area (Å²) in [6.45, 7) is 1.31. The molecule has 0 spiro atoms. The maximum absolute atomic E-state index is 12.8. The third-order valence-electron chi connectivity index (χ3n) is 1.21. The van der Waals surface area contributed by atoms with Crippen LogP contribution in [0.2, 0.25) is 0 Å². The molecule has 0 saturated carbocycles. The molecule has 57 valence electrons. The third-order valence-corrected chi connectivity index (χ3v) is 1.67. The average Bonchev–Trinajstić information content (AvgIpc) is 1.85. The Balaban J connectivity index is 3.20. The molecular formula is C8H5BrFO. The standard InChI is InChI=1S/C8H5BrFO/c1-5(11)7-3-2-6(9)4-8(7)10/h2,4H,1H3. The van der Waals surface area contributed by atoms with Gasteiger partial charge in [-0.15, -0.1) is 0 Å². The molecule has 1 aromatic rings. The van der Waals surface area contributed by atoms with Gasteiger partial charge < -0.3 is 0 Å². The van der Waals surface area contributed by atoms with E-state index in [0.29, 0.717) is 4.47 Å². The number of carbonyl (C=O) groups is 1. The van der Waals surface area contributed by atoms with Crippen LogP contribution in [0.4, 0.5) is 4.39 Å². The molecule has 0 aromatic heterocycles. The van der Waals surface area contributed by atoms with E-state index in [9.17, 15) is 9.18 Å². The van der Waals surface area contributed by atoms with E-state index in [0.717, 1.165) is 0 Å². The molecule has 0 heterocycles. The predicted octanol–water partition coefficient (Wildman–Crippen LogP) is 2.59. The van der Waals surface area contributed by atoms with Crippen LogP contribution in [-0.4, -0.2) is 5.78 Å². The van der Waals surface area contributed by atoms with Crippen LogP contribution < -0.4 is 0 Å². The molecule has 1 radical (unpaired) electrons. The Hall–Kier alpha value is -0.700. The summed E-state index contributed by atoms with van der Waals surface area (Å²) in [5, 5.41) is 0. The summed E-state index contributed by atoms with van der Waals surface area (Å²) >= 11 is 3.06. The van der Waals surface area contributed by atoms with Crippen molar-refractivity contribution in [2.75, 3.05) is 0 Å². The van der Waals surface area contributed by atoms with Crippen molar-refractivity contribution in [3.8, 4) is 0 Å². The van der Waals surface area contributed by atoms with Crippen LogP contribution in [0.3, 0.4) is 0 Å². The Bertz CT molecular complexity index is 296. The van der Waals surface area contributed by atoms with Crippen LogP contribution in [0, 0.1) is 11.9 Å². The van der Waals surface area contributed by atoms with Crippen molar-refractivity contribution in [1.82, 2.24) is 0 Å². The van der Waals surface area contributed by atoms with Gasteiger partial charge in [0.15, 0.2) is 5.78 Å². The van der Waals surface area contributed by atoms with Gasteiger partial charge in [0.2, 0.25) is 0 Å². The van der Waals surface area contributed by atoms with E-state index >= 15 is 0 Å². The fraction of sp³-hybridized carbons (Fsp3) is 0.125. The molecule has 0 bridgehead atoms. The fourth-order valence-corrected chi connectivity index (χ4v) is 1.03. The highest BCUT2D eigenvalue weighted by molar-refractivity contribution is 9.10. The summed E-state index contributed by atoms with van der Waals surface area (Å²) in [6, 6.07) is 5.29. The number of halogens is 2. The summed E-state index contributed by atoms with van der Waals surface area (Å²) in [6.07, 6.45) is 0. The van der Waals surface area contributed by atoms with Gasteiger partial charge in [0.25, 0.3) is 0 Å². The first-order chi connectivity index (χ1) is 5.11. The number of carbonyl (C=O) groups excluding carboxylic acids is 1. The second-order valence-electron chi connectivity index (χ2n) is 2.10. The zero-order chi connectivity index (χ0) is 8.43. The van der Waals surface area contributed by atoms with Gasteiger partial charge in [0.05, 0.1) is 5.56 Å². The van der Waals surface area contributed by atoms with E-state index in [1.165, 1.54) is 19.1 Å². The maximum atomic E-state index is 12.8. The van der Waals surface area contributed by atoms with Gasteiger partial charge in [-0.3, -0.25) is 4.79 Å². The Morgan fingerprint density at radius 3 is 2.82 bits per heavy atom. The highest BCUT2D eigenvalue weighted by Crippen LogP contribution is 2.14. The Labute approximate surface area is 72.4 Å². The normalized spacial score (nSPS) is 9.73. The van der Waals surface area contributed by atoms with E-state index in [1.807, 2.05) is 0 Å². The molecule has 0 aliphatic rings. The summed E-state index contributed by atoms with van der Waals surface area (Å²) in [7, 11) is 0. The zero-order valence-electron chi connectivity index (χ0n) is 5.82. The number of hydrogen-bond donors (Lipinski definition) is 0. The van der Waals surface area contributed by atoms with Gasteiger partial charge in [0, 0.05) is 4.47 Å². The quantitative estimate of drug-likeness (QED) is 0.659. The maximum Gasteiger partial charge on any atom is 0.163 e. The lowest BCUT2D eigenvalue weighted by molar-refractivity contribution is 0.101. The second kappa shape index (κ2) is 3.13. The van der Waals surface area contributed by atoms with Crippen molar-refractivity contribution in [1.29, 1.82) is 0 Å². The Morgan fingerprint density at radius 1 is 1.73 bits per heavy atom. The zero-order valence-corrected chi connectivity index (χ0v) is 7.40. The molecule has 0 saturated heterocycles. The molecule has 1 rings (SSSR count). The molecular weight excluding hydrogens is 211 g/mol. The lowest BCUT2D eigenvalue weighted by Gasteiger charge is -1.96. The average molecular weight is 216 g/mol. The number of rotatable bonds is 1. The van der Waals surface area contributed by atoms with E-state index < -0.39 is 5.82 Å². The molecule has 0 aliphatic carbocycles. The fourth-order valence-electron chi connectivity index (χ4n) is 0.715.